The molecule has 5 nitrogen and oxygen atoms in total. The Morgan fingerprint density at radius 1 is 1.71 bits per heavy atom. The molecule has 1 heterocycles. The van der Waals surface area contributed by atoms with E-state index >= 15 is 0 Å². The molecule has 0 spiro atoms. The Balaban J connectivity index is 2.57. The predicted molar refractivity (Wildman–Crippen MR) is 54.5 cm³/mol. The largest absolute Gasteiger partial charge is 0.382 e. The fourth-order valence-corrected chi connectivity index (χ4v) is 1.00. The quantitative estimate of drug-likeness (QED) is 0.757. The third-order valence-electron chi connectivity index (χ3n) is 2.13. The minimum Gasteiger partial charge on any atom is -0.382 e. The standard InChI is InChI=1S/C9H16N4O/c1-7(2)12(3)9(14)6-13-5-4-8(10)11-13/h4-5,7H,6H2,1-3H3,(H2,10,11). The fraction of sp³-hybridized carbons (Fsp3) is 0.556. The van der Waals surface area contributed by atoms with Crippen molar-refractivity contribution in [2.45, 2.75) is 26.4 Å². The highest BCUT2D eigenvalue weighted by Crippen LogP contribution is 1.99. The molecule has 0 aliphatic rings. The number of rotatable bonds is 3. The van der Waals surface area contributed by atoms with E-state index in [0.717, 1.165) is 0 Å². The number of anilines is 1. The molecule has 78 valence electrons. The summed E-state index contributed by atoms with van der Waals surface area (Å²) in [5.41, 5.74) is 5.43. The minimum atomic E-state index is 0.0306. The van der Waals surface area contributed by atoms with Gasteiger partial charge in [-0.05, 0) is 19.9 Å². The van der Waals surface area contributed by atoms with Crippen molar-refractivity contribution in [3.63, 3.8) is 0 Å². The van der Waals surface area contributed by atoms with E-state index in [-0.39, 0.29) is 18.5 Å². The average molecular weight is 196 g/mol. The van der Waals surface area contributed by atoms with Gasteiger partial charge in [-0.15, -0.1) is 0 Å². The Bertz CT molecular complexity index is 318. The van der Waals surface area contributed by atoms with Crippen LogP contribution in [-0.4, -0.2) is 33.7 Å². The third kappa shape index (κ3) is 2.48. The van der Waals surface area contributed by atoms with Crippen molar-refractivity contribution in [1.29, 1.82) is 0 Å². The molecule has 1 rings (SSSR count). The molecule has 0 atom stereocenters. The lowest BCUT2D eigenvalue weighted by atomic mass is 10.3. The van der Waals surface area contributed by atoms with Crippen molar-refractivity contribution in [3.05, 3.63) is 12.3 Å². The van der Waals surface area contributed by atoms with Crippen molar-refractivity contribution in [2.75, 3.05) is 12.8 Å². The van der Waals surface area contributed by atoms with Gasteiger partial charge in [0.15, 0.2) is 0 Å². The summed E-state index contributed by atoms with van der Waals surface area (Å²) >= 11 is 0. The molecule has 0 unspecified atom stereocenters. The Labute approximate surface area is 83.5 Å². The molecule has 1 amide bonds. The molecule has 0 aliphatic carbocycles. The number of carbonyl (C=O) groups is 1. The molecule has 2 N–H and O–H groups in total. The maximum atomic E-state index is 11.6. The summed E-state index contributed by atoms with van der Waals surface area (Å²) in [6.07, 6.45) is 1.70. The lowest BCUT2D eigenvalue weighted by Crippen LogP contribution is -2.35. The van der Waals surface area contributed by atoms with Gasteiger partial charge < -0.3 is 10.6 Å². The Hall–Kier alpha value is -1.52. The second-order valence-electron chi connectivity index (χ2n) is 3.54. The number of nitrogens with zero attached hydrogens (tertiary/aromatic N) is 3. The number of carbonyl (C=O) groups excluding carboxylic acids is 1. The number of nitrogen functional groups attached to an aromatic ring is 1. The van der Waals surface area contributed by atoms with Crippen LogP contribution in [0.2, 0.25) is 0 Å². The lowest BCUT2D eigenvalue weighted by Gasteiger charge is -2.21. The van der Waals surface area contributed by atoms with Crippen molar-refractivity contribution < 1.29 is 4.79 Å². The molecule has 0 fully saturated rings. The first kappa shape index (κ1) is 10.6. The van der Waals surface area contributed by atoms with Crippen LogP contribution < -0.4 is 5.73 Å². The maximum Gasteiger partial charge on any atom is 0.244 e. The Morgan fingerprint density at radius 3 is 2.79 bits per heavy atom. The van der Waals surface area contributed by atoms with Crippen molar-refractivity contribution in [3.8, 4) is 0 Å². The van der Waals surface area contributed by atoms with Gasteiger partial charge in [0.05, 0.1) is 0 Å². The summed E-state index contributed by atoms with van der Waals surface area (Å²) in [5, 5.41) is 3.94. The van der Waals surface area contributed by atoms with Crippen molar-refractivity contribution >= 4 is 11.7 Å². The molecule has 1 aromatic rings. The number of likely N-dealkylation sites (N-methyl/N-ethyl adjacent to an activating group) is 1. The second kappa shape index (κ2) is 4.13. The molecule has 1 aromatic heterocycles. The highest BCUT2D eigenvalue weighted by molar-refractivity contribution is 5.75. The summed E-state index contributed by atoms with van der Waals surface area (Å²) in [6, 6.07) is 1.87. The van der Waals surface area contributed by atoms with Crippen LogP contribution in [0.25, 0.3) is 0 Å². The molecule has 0 saturated heterocycles. The van der Waals surface area contributed by atoms with Crippen LogP contribution in [0, 0.1) is 0 Å². The molecule has 0 aliphatic heterocycles. The van der Waals surface area contributed by atoms with Gasteiger partial charge in [-0.2, -0.15) is 5.10 Å². The molecular formula is C9H16N4O. The second-order valence-corrected chi connectivity index (χ2v) is 3.54. The third-order valence-corrected chi connectivity index (χ3v) is 2.13. The summed E-state index contributed by atoms with van der Waals surface area (Å²) < 4.78 is 1.54. The van der Waals surface area contributed by atoms with Gasteiger partial charge in [-0.25, -0.2) is 0 Å². The van der Waals surface area contributed by atoms with Crippen LogP contribution in [0.4, 0.5) is 5.82 Å². The fourth-order valence-electron chi connectivity index (χ4n) is 1.00. The van der Waals surface area contributed by atoms with Crippen LogP contribution in [0.3, 0.4) is 0 Å². The predicted octanol–water partition coefficient (Wildman–Crippen LogP) is 0.332. The first-order chi connectivity index (χ1) is 6.50. The molecule has 0 radical (unpaired) electrons. The van der Waals surface area contributed by atoms with Gasteiger partial charge in [-0.1, -0.05) is 0 Å². The molecule has 0 aromatic carbocycles. The maximum absolute atomic E-state index is 11.6. The van der Waals surface area contributed by atoms with Crippen LogP contribution in [-0.2, 0) is 11.3 Å². The number of amides is 1. The monoisotopic (exact) mass is 196 g/mol. The van der Waals surface area contributed by atoms with Crippen LogP contribution >= 0.6 is 0 Å². The van der Waals surface area contributed by atoms with E-state index in [0.29, 0.717) is 5.82 Å². The highest BCUT2D eigenvalue weighted by Gasteiger charge is 2.12. The van der Waals surface area contributed by atoms with Gasteiger partial charge >= 0.3 is 0 Å². The normalized spacial score (nSPS) is 10.6. The van der Waals surface area contributed by atoms with E-state index in [4.69, 9.17) is 5.73 Å². The topological polar surface area (TPSA) is 64.2 Å². The van der Waals surface area contributed by atoms with Gasteiger partial charge in [0.2, 0.25) is 5.91 Å². The summed E-state index contributed by atoms with van der Waals surface area (Å²) in [7, 11) is 1.78. The SMILES string of the molecule is CC(C)N(C)C(=O)Cn1ccc(N)n1. The average Bonchev–Trinajstić information content (AvgIpc) is 2.49. The molecular weight excluding hydrogens is 180 g/mol. The first-order valence-electron chi connectivity index (χ1n) is 4.55. The smallest absolute Gasteiger partial charge is 0.244 e. The Morgan fingerprint density at radius 2 is 2.36 bits per heavy atom. The molecule has 0 bridgehead atoms. The number of hydrogen-bond donors (Lipinski definition) is 1. The van der Waals surface area contributed by atoms with Crippen molar-refractivity contribution in [2.24, 2.45) is 0 Å². The summed E-state index contributed by atoms with van der Waals surface area (Å²) in [4.78, 5) is 13.3. The van der Waals surface area contributed by atoms with E-state index in [1.165, 1.54) is 4.68 Å². The lowest BCUT2D eigenvalue weighted by molar-refractivity contribution is -0.132. The van der Waals surface area contributed by atoms with Crippen LogP contribution in [0.15, 0.2) is 12.3 Å². The number of aromatic nitrogens is 2. The molecule has 0 saturated carbocycles. The van der Waals surface area contributed by atoms with E-state index < -0.39 is 0 Å². The van der Waals surface area contributed by atoms with Gasteiger partial charge in [0.25, 0.3) is 0 Å². The molecule has 5 heteroatoms. The first-order valence-corrected chi connectivity index (χ1v) is 4.55. The van der Waals surface area contributed by atoms with Crippen molar-refractivity contribution in [1.82, 2.24) is 14.7 Å². The number of hydrogen-bond acceptors (Lipinski definition) is 3. The van der Waals surface area contributed by atoms with E-state index in [1.807, 2.05) is 13.8 Å². The van der Waals surface area contributed by atoms with Gasteiger partial charge in [0, 0.05) is 19.3 Å². The van der Waals surface area contributed by atoms with E-state index in [2.05, 4.69) is 5.10 Å². The number of nitrogens with two attached hydrogens (primary N) is 1. The zero-order chi connectivity index (χ0) is 10.7. The van der Waals surface area contributed by atoms with E-state index in [1.54, 1.807) is 24.2 Å². The highest BCUT2D eigenvalue weighted by atomic mass is 16.2. The van der Waals surface area contributed by atoms with Gasteiger partial charge in [0.1, 0.15) is 12.4 Å². The zero-order valence-corrected chi connectivity index (χ0v) is 8.77. The minimum absolute atomic E-state index is 0.0306. The Kier molecular flexibility index (Phi) is 3.11. The van der Waals surface area contributed by atoms with Crippen LogP contribution in [0.5, 0.6) is 0 Å². The molecule has 14 heavy (non-hydrogen) atoms. The summed E-state index contributed by atoms with van der Waals surface area (Å²) in [6.45, 7) is 4.18. The summed E-state index contributed by atoms with van der Waals surface area (Å²) in [5.74, 6) is 0.466. The van der Waals surface area contributed by atoms with Crippen LogP contribution in [0.1, 0.15) is 13.8 Å². The zero-order valence-electron chi connectivity index (χ0n) is 8.77. The van der Waals surface area contributed by atoms with Gasteiger partial charge in [-0.3, -0.25) is 9.48 Å². The van der Waals surface area contributed by atoms with E-state index in [9.17, 15) is 4.79 Å².